The lowest BCUT2D eigenvalue weighted by Gasteiger charge is -2.37. The maximum Gasteiger partial charge on any atom is 0.395 e. The van der Waals surface area contributed by atoms with Crippen LogP contribution in [0.25, 0.3) is 0 Å². The first-order valence-corrected chi connectivity index (χ1v) is 15.0. The molecule has 0 aromatic carbocycles. The van der Waals surface area contributed by atoms with Gasteiger partial charge in [-0.2, -0.15) is 16.8 Å². The fourth-order valence-corrected chi connectivity index (χ4v) is 8.91. The van der Waals surface area contributed by atoms with Gasteiger partial charge in [-0.15, -0.1) is 0 Å². The van der Waals surface area contributed by atoms with Crippen molar-refractivity contribution in [2.24, 2.45) is 0 Å². The number of nitrogens with zero attached hydrogens (tertiary/aromatic N) is 2. The van der Waals surface area contributed by atoms with E-state index in [4.69, 9.17) is 0 Å². The molecular formula is C7H18F2N2O5S2Si2. The first-order chi connectivity index (χ1) is 8.40. The summed E-state index contributed by atoms with van der Waals surface area (Å²) in [6.07, 6.45) is 0. The molecule has 0 spiro atoms. The van der Waals surface area contributed by atoms with Crippen molar-refractivity contribution < 1.29 is 29.4 Å². The van der Waals surface area contributed by atoms with Crippen molar-refractivity contribution in [3.63, 3.8) is 0 Å². The zero-order chi connectivity index (χ0) is 16.7. The Morgan fingerprint density at radius 2 is 0.950 bits per heavy atom. The highest BCUT2D eigenvalue weighted by molar-refractivity contribution is 7.87. The fraction of sp³-hybridized carbons (Fsp3) is 0.857. The van der Waals surface area contributed by atoms with Gasteiger partial charge in [-0.3, -0.25) is 0 Å². The van der Waals surface area contributed by atoms with Gasteiger partial charge < -0.3 is 0 Å². The maximum atomic E-state index is 13.3. The van der Waals surface area contributed by atoms with Crippen molar-refractivity contribution in [2.45, 2.75) is 39.3 Å². The van der Waals surface area contributed by atoms with Crippen LogP contribution in [0.3, 0.4) is 0 Å². The highest BCUT2D eigenvalue weighted by Crippen LogP contribution is 2.25. The molecule has 0 aromatic rings. The van der Waals surface area contributed by atoms with Crippen molar-refractivity contribution in [1.29, 1.82) is 0 Å². The van der Waals surface area contributed by atoms with Gasteiger partial charge in [0.05, 0.1) is 0 Å². The van der Waals surface area contributed by atoms with Crippen molar-refractivity contribution in [1.82, 2.24) is 7.94 Å². The van der Waals surface area contributed by atoms with E-state index in [9.17, 15) is 29.4 Å². The summed E-state index contributed by atoms with van der Waals surface area (Å²) in [4.78, 5) is 12.1. The molecule has 20 heavy (non-hydrogen) atoms. The lowest BCUT2D eigenvalue weighted by Crippen LogP contribution is -2.62. The first-order valence-electron chi connectivity index (χ1n) is 5.44. The third kappa shape index (κ3) is 4.78. The molecule has 0 aliphatic rings. The van der Waals surface area contributed by atoms with Crippen LogP contribution in [0, 0.1) is 0 Å². The summed E-state index contributed by atoms with van der Waals surface area (Å²) in [6.45, 7) is 7.89. The van der Waals surface area contributed by atoms with Gasteiger partial charge in [0.15, 0.2) is 16.5 Å². The Labute approximate surface area is 120 Å². The number of carbonyl (C=O) groups is 1. The van der Waals surface area contributed by atoms with E-state index in [2.05, 4.69) is 0 Å². The van der Waals surface area contributed by atoms with E-state index >= 15 is 0 Å². The Balaban J connectivity index is 6.16. The van der Waals surface area contributed by atoms with Crippen molar-refractivity contribution >= 4 is 43.3 Å². The largest absolute Gasteiger partial charge is 0.395 e. The first kappa shape index (κ1) is 19.5. The molecule has 0 unspecified atom stereocenters. The van der Waals surface area contributed by atoms with E-state index in [0.717, 1.165) is 0 Å². The molecule has 0 aliphatic carbocycles. The number of carbonyl (C=O) groups excluding carboxylic acids is 1. The molecule has 0 saturated heterocycles. The van der Waals surface area contributed by atoms with Crippen LogP contribution in [0.15, 0.2) is 0 Å². The molecular weight excluding hydrogens is 350 g/mol. The van der Waals surface area contributed by atoms with Crippen LogP contribution in [-0.4, -0.2) is 47.3 Å². The van der Waals surface area contributed by atoms with Gasteiger partial charge in [-0.25, -0.2) is 12.7 Å². The molecule has 2 amide bonds. The second kappa shape index (κ2) is 5.34. The number of amides is 2. The third-order valence-corrected chi connectivity index (χ3v) is 10.6. The van der Waals surface area contributed by atoms with Crippen molar-refractivity contribution in [2.75, 3.05) is 0 Å². The molecule has 0 N–H and O–H groups in total. The van der Waals surface area contributed by atoms with Gasteiger partial charge >= 0.3 is 26.8 Å². The minimum atomic E-state index is -5.49. The van der Waals surface area contributed by atoms with Crippen molar-refractivity contribution in [3.05, 3.63) is 0 Å². The minimum absolute atomic E-state index is 0.143. The van der Waals surface area contributed by atoms with Gasteiger partial charge in [0.1, 0.15) is 0 Å². The predicted octanol–water partition coefficient (Wildman–Crippen LogP) is 1.81. The van der Waals surface area contributed by atoms with Crippen LogP contribution in [-0.2, 0) is 20.8 Å². The van der Waals surface area contributed by atoms with E-state index < -0.39 is 43.3 Å². The lowest BCUT2D eigenvalue weighted by atomic mass is 11.2. The Morgan fingerprint density at radius 1 is 0.750 bits per heavy atom. The van der Waals surface area contributed by atoms with Gasteiger partial charge in [0, 0.05) is 0 Å². The van der Waals surface area contributed by atoms with E-state index in [-0.39, 0.29) is 7.94 Å². The molecule has 120 valence electrons. The van der Waals surface area contributed by atoms with Gasteiger partial charge in [-0.1, -0.05) is 47.1 Å². The number of halogens is 2. The molecule has 0 aliphatic heterocycles. The molecule has 0 rings (SSSR count). The Bertz CT molecular complexity index is 542. The molecule has 0 saturated carbocycles. The minimum Gasteiger partial charge on any atom is -0.248 e. The molecule has 0 radical (unpaired) electrons. The van der Waals surface area contributed by atoms with Gasteiger partial charge in [-0.05, 0) is 0 Å². The quantitative estimate of drug-likeness (QED) is 0.557. The van der Waals surface area contributed by atoms with Crippen LogP contribution in [0.5, 0.6) is 0 Å². The molecule has 0 atom stereocenters. The zero-order valence-corrected chi connectivity index (χ0v) is 15.6. The number of hydrogen-bond donors (Lipinski definition) is 0. The van der Waals surface area contributed by atoms with E-state index in [1.54, 1.807) is 0 Å². The maximum absolute atomic E-state index is 13.3. The Kier molecular flexibility index (Phi) is 5.20. The highest BCUT2D eigenvalue weighted by Gasteiger charge is 2.48. The van der Waals surface area contributed by atoms with Crippen LogP contribution >= 0.6 is 0 Å². The number of rotatable bonds is 4. The number of hydrogen-bond acceptors (Lipinski definition) is 5. The summed E-state index contributed by atoms with van der Waals surface area (Å²) >= 11 is 0. The fourth-order valence-electron chi connectivity index (χ4n) is 1.50. The molecule has 0 fully saturated rings. The lowest BCUT2D eigenvalue weighted by molar-refractivity contribution is 0.226. The third-order valence-electron chi connectivity index (χ3n) is 2.00. The number of urea groups is 1. The van der Waals surface area contributed by atoms with E-state index in [0.29, 0.717) is 0 Å². The second-order valence-electron chi connectivity index (χ2n) is 6.04. The zero-order valence-electron chi connectivity index (χ0n) is 12.0. The summed E-state index contributed by atoms with van der Waals surface area (Å²) in [5.41, 5.74) is 0. The summed E-state index contributed by atoms with van der Waals surface area (Å²) in [7, 11) is -17.3. The van der Waals surface area contributed by atoms with Gasteiger partial charge in [0.25, 0.3) is 0 Å². The summed E-state index contributed by atoms with van der Waals surface area (Å²) in [5, 5.41) is 0. The van der Waals surface area contributed by atoms with Gasteiger partial charge in [0.2, 0.25) is 0 Å². The summed E-state index contributed by atoms with van der Waals surface area (Å²) in [5.74, 6) is 0. The topological polar surface area (TPSA) is 91.8 Å². The summed E-state index contributed by atoms with van der Waals surface area (Å²) < 4.78 is 70.8. The molecule has 0 bridgehead atoms. The smallest absolute Gasteiger partial charge is 0.248 e. The second-order valence-corrected chi connectivity index (χ2v) is 18.6. The monoisotopic (exact) mass is 368 g/mol. The average Bonchev–Trinajstić information content (AvgIpc) is 1.88. The average molecular weight is 369 g/mol. The highest BCUT2D eigenvalue weighted by atomic mass is 32.3. The van der Waals surface area contributed by atoms with Crippen LogP contribution in [0.4, 0.5) is 12.6 Å². The van der Waals surface area contributed by atoms with Crippen LogP contribution in [0.2, 0.25) is 39.3 Å². The predicted molar refractivity (Wildman–Crippen MR) is 75.8 cm³/mol. The molecule has 0 aromatic heterocycles. The molecule has 7 nitrogen and oxygen atoms in total. The van der Waals surface area contributed by atoms with Crippen LogP contribution in [0.1, 0.15) is 0 Å². The van der Waals surface area contributed by atoms with E-state index in [1.807, 2.05) is 0 Å². The normalized spacial score (nSPS) is 14.0. The molecule has 0 heterocycles. The van der Waals surface area contributed by atoms with Crippen molar-refractivity contribution in [3.8, 4) is 0 Å². The standard InChI is InChI=1S/C7H18F2N2O5S2Si2/c1-19(2,3)10(17(8,13)14)7(12)11(18(9,15)16)20(4,5)6/h1-6H3. The summed E-state index contributed by atoms with van der Waals surface area (Å²) in [6, 6.07) is -1.70. The van der Waals surface area contributed by atoms with Crippen LogP contribution < -0.4 is 0 Å². The Morgan fingerprint density at radius 3 is 1.05 bits per heavy atom. The SMILES string of the molecule is C[Si](C)(C)N(C(=O)N([Si](C)(C)C)S(=O)(=O)F)S(=O)(=O)F. The Hall–Kier alpha value is -0.536. The molecule has 13 heteroatoms. The van der Waals surface area contributed by atoms with E-state index in [1.165, 1.54) is 39.3 Å².